The van der Waals surface area contributed by atoms with Gasteiger partial charge in [-0.15, -0.1) is 0 Å². The molecular weight excluding hydrogens is 206 g/mol. The normalized spacial score (nSPS) is 17.6. The molecule has 5 nitrogen and oxygen atoms in total. The first-order chi connectivity index (χ1) is 7.66. The largest absolute Gasteiger partial charge is 0.477 e. The Morgan fingerprint density at radius 3 is 2.94 bits per heavy atom. The molecule has 1 aliphatic carbocycles. The first-order valence-electron chi connectivity index (χ1n) is 5.49. The zero-order chi connectivity index (χ0) is 11.5. The van der Waals surface area contributed by atoms with Gasteiger partial charge in [0.25, 0.3) is 0 Å². The monoisotopic (exact) mass is 221 g/mol. The van der Waals surface area contributed by atoms with Gasteiger partial charge in [0.05, 0.1) is 0 Å². The van der Waals surface area contributed by atoms with Crippen LogP contribution in [0.2, 0.25) is 0 Å². The number of carbonyl (C=O) groups is 1. The second-order valence-corrected chi connectivity index (χ2v) is 4.19. The van der Waals surface area contributed by atoms with E-state index in [1.807, 2.05) is 0 Å². The van der Waals surface area contributed by atoms with Crippen LogP contribution in [-0.2, 0) is 0 Å². The van der Waals surface area contributed by atoms with Crippen molar-refractivity contribution in [3.63, 3.8) is 0 Å². The first-order valence-corrected chi connectivity index (χ1v) is 5.49. The Morgan fingerprint density at radius 1 is 1.62 bits per heavy atom. The second-order valence-electron chi connectivity index (χ2n) is 4.19. The highest BCUT2D eigenvalue weighted by molar-refractivity contribution is 5.85. The molecule has 0 bridgehead atoms. The summed E-state index contributed by atoms with van der Waals surface area (Å²) < 4.78 is 0. The van der Waals surface area contributed by atoms with Gasteiger partial charge in [0.15, 0.2) is 5.69 Å². The maximum atomic E-state index is 10.7. The van der Waals surface area contributed by atoms with Gasteiger partial charge in [-0.3, -0.25) is 0 Å². The fourth-order valence-corrected chi connectivity index (χ4v) is 1.81. The summed E-state index contributed by atoms with van der Waals surface area (Å²) in [7, 11) is 0. The number of aromatic nitrogens is 2. The highest BCUT2D eigenvalue weighted by Crippen LogP contribution is 2.30. The van der Waals surface area contributed by atoms with Crippen LogP contribution in [0.5, 0.6) is 0 Å². The van der Waals surface area contributed by atoms with Crippen LogP contribution in [0.25, 0.3) is 0 Å². The SMILES string of the molecule is CC(Nc1nccc(C(=O)O)n1)C1CCC1. The van der Waals surface area contributed by atoms with Crippen molar-refractivity contribution in [3.8, 4) is 0 Å². The zero-order valence-electron chi connectivity index (χ0n) is 9.18. The molecule has 86 valence electrons. The van der Waals surface area contributed by atoms with Crippen molar-refractivity contribution in [1.82, 2.24) is 9.97 Å². The number of carboxylic acid groups (broad SMARTS) is 1. The highest BCUT2D eigenvalue weighted by atomic mass is 16.4. The lowest BCUT2D eigenvalue weighted by molar-refractivity contribution is 0.0690. The van der Waals surface area contributed by atoms with Crippen molar-refractivity contribution >= 4 is 11.9 Å². The molecule has 1 saturated carbocycles. The van der Waals surface area contributed by atoms with E-state index >= 15 is 0 Å². The van der Waals surface area contributed by atoms with E-state index in [4.69, 9.17) is 5.11 Å². The van der Waals surface area contributed by atoms with E-state index in [0.29, 0.717) is 17.9 Å². The summed E-state index contributed by atoms with van der Waals surface area (Å²) in [5.41, 5.74) is 0.0262. The van der Waals surface area contributed by atoms with Gasteiger partial charge < -0.3 is 10.4 Å². The molecule has 0 aromatic carbocycles. The summed E-state index contributed by atoms with van der Waals surface area (Å²) in [6.45, 7) is 2.08. The van der Waals surface area contributed by atoms with Crippen molar-refractivity contribution in [2.75, 3.05) is 5.32 Å². The molecule has 1 unspecified atom stereocenters. The molecule has 2 N–H and O–H groups in total. The molecule has 0 radical (unpaired) electrons. The average Bonchev–Trinajstić information content (AvgIpc) is 2.15. The molecule has 16 heavy (non-hydrogen) atoms. The quantitative estimate of drug-likeness (QED) is 0.810. The third-order valence-corrected chi connectivity index (χ3v) is 3.09. The van der Waals surface area contributed by atoms with E-state index in [-0.39, 0.29) is 5.69 Å². The van der Waals surface area contributed by atoms with Crippen LogP contribution >= 0.6 is 0 Å². The number of nitrogens with one attached hydrogen (secondary N) is 1. The van der Waals surface area contributed by atoms with Crippen molar-refractivity contribution in [2.24, 2.45) is 5.92 Å². The summed E-state index contributed by atoms with van der Waals surface area (Å²) in [4.78, 5) is 18.7. The van der Waals surface area contributed by atoms with Gasteiger partial charge in [0, 0.05) is 12.2 Å². The number of hydrogen-bond acceptors (Lipinski definition) is 4. The standard InChI is InChI=1S/C11H15N3O2/c1-7(8-3-2-4-8)13-11-12-6-5-9(14-11)10(15)16/h5-8H,2-4H2,1H3,(H,15,16)(H,12,13,14). The molecule has 1 aromatic heterocycles. The predicted octanol–water partition coefficient (Wildman–Crippen LogP) is 1.78. The van der Waals surface area contributed by atoms with Crippen molar-refractivity contribution in [3.05, 3.63) is 18.0 Å². The lowest BCUT2D eigenvalue weighted by Gasteiger charge is -2.31. The maximum Gasteiger partial charge on any atom is 0.354 e. The Labute approximate surface area is 93.9 Å². The Hall–Kier alpha value is -1.65. The lowest BCUT2D eigenvalue weighted by atomic mass is 9.80. The van der Waals surface area contributed by atoms with Crippen molar-refractivity contribution in [1.29, 1.82) is 0 Å². The molecule has 0 spiro atoms. The predicted molar refractivity (Wildman–Crippen MR) is 59.4 cm³/mol. The van der Waals surface area contributed by atoms with Gasteiger partial charge in [0.1, 0.15) is 0 Å². The summed E-state index contributed by atoms with van der Waals surface area (Å²) in [6.07, 6.45) is 5.21. The Bertz CT molecular complexity index is 391. The average molecular weight is 221 g/mol. The van der Waals surface area contributed by atoms with Crippen LogP contribution in [-0.4, -0.2) is 27.1 Å². The fraction of sp³-hybridized carbons (Fsp3) is 0.545. The van der Waals surface area contributed by atoms with E-state index in [0.717, 1.165) is 0 Å². The minimum Gasteiger partial charge on any atom is -0.477 e. The van der Waals surface area contributed by atoms with E-state index in [1.54, 1.807) is 0 Å². The molecular formula is C11H15N3O2. The number of aromatic carboxylic acids is 1. The zero-order valence-corrected chi connectivity index (χ0v) is 9.18. The summed E-state index contributed by atoms with van der Waals surface area (Å²) in [5.74, 6) is 0.0399. The smallest absolute Gasteiger partial charge is 0.354 e. The molecule has 0 aliphatic heterocycles. The molecule has 2 rings (SSSR count). The Balaban J connectivity index is 2.02. The third kappa shape index (κ3) is 2.29. The third-order valence-electron chi connectivity index (χ3n) is 3.09. The number of nitrogens with zero attached hydrogens (tertiary/aromatic N) is 2. The molecule has 5 heteroatoms. The van der Waals surface area contributed by atoms with E-state index in [9.17, 15) is 4.79 Å². The van der Waals surface area contributed by atoms with Gasteiger partial charge in [-0.05, 0) is 31.7 Å². The van der Waals surface area contributed by atoms with E-state index in [2.05, 4.69) is 22.2 Å². The van der Waals surface area contributed by atoms with Gasteiger partial charge >= 0.3 is 5.97 Å². The summed E-state index contributed by atoms with van der Waals surface area (Å²) in [5, 5.41) is 11.9. The minimum absolute atomic E-state index is 0.0262. The van der Waals surface area contributed by atoms with Crippen LogP contribution in [0.3, 0.4) is 0 Å². The van der Waals surface area contributed by atoms with Crippen LogP contribution < -0.4 is 5.32 Å². The second kappa shape index (κ2) is 4.47. The molecule has 1 heterocycles. The topological polar surface area (TPSA) is 75.1 Å². The lowest BCUT2D eigenvalue weighted by Crippen LogP contribution is -2.31. The van der Waals surface area contributed by atoms with Crippen LogP contribution in [0, 0.1) is 5.92 Å². The van der Waals surface area contributed by atoms with Crippen molar-refractivity contribution < 1.29 is 9.90 Å². The van der Waals surface area contributed by atoms with E-state index in [1.165, 1.54) is 31.5 Å². The summed E-state index contributed by atoms with van der Waals surface area (Å²) in [6, 6.07) is 1.69. The van der Waals surface area contributed by atoms with Gasteiger partial charge in [0.2, 0.25) is 5.95 Å². The fourth-order valence-electron chi connectivity index (χ4n) is 1.81. The van der Waals surface area contributed by atoms with Crippen LogP contribution in [0.1, 0.15) is 36.7 Å². The number of rotatable bonds is 4. The molecule has 1 aliphatic rings. The molecule has 1 atom stereocenters. The molecule has 1 aromatic rings. The van der Waals surface area contributed by atoms with Crippen LogP contribution in [0.4, 0.5) is 5.95 Å². The number of anilines is 1. The number of hydrogen-bond donors (Lipinski definition) is 2. The Kier molecular flexibility index (Phi) is 3.03. The van der Waals surface area contributed by atoms with Gasteiger partial charge in [-0.1, -0.05) is 6.42 Å². The maximum absolute atomic E-state index is 10.7. The molecule has 0 saturated heterocycles. The van der Waals surface area contributed by atoms with Crippen LogP contribution in [0.15, 0.2) is 12.3 Å². The van der Waals surface area contributed by atoms with Crippen molar-refractivity contribution in [2.45, 2.75) is 32.2 Å². The van der Waals surface area contributed by atoms with E-state index < -0.39 is 5.97 Å². The highest BCUT2D eigenvalue weighted by Gasteiger charge is 2.24. The molecule has 1 fully saturated rings. The van der Waals surface area contributed by atoms with Gasteiger partial charge in [-0.2, -0.15) is 0 Å². The Morgan fingerprint density at radius 2 is 2.38 bits per heavy atom. The van der Waals surface area contributed by atoms with Gasteiger partial charge in [-0.25, -0.2) is 14.8 Å². The first kappa shape index (κ1) is 10.9. The number of carboxylic acids is 1. The summed E-state index contributed by atoms with van der Waals surface area (Å²) >= 11 is 0. The molecule has 0 amide bonds. The minimum atomic E-state index is -1.03.